The highest BCUT2D eigenvalue weighted by Gasteiger charge is 2.17. The van der Waals surface area contributed by atoms with E-state index in [1.807, 2.05) is 10.8 Å². The first kappa shape index (κ1) is 9.10. The molecular weight excluding hydrogens is 176 g/mol. The molecule has 74 valence electrons. The van der Waals surface area contributed by atoms with Gasteiger partial charge in [-0.3, -0.25) is 0 Å². The summed E-state index contributed by atoms with van der Waals surface area (Å²) in [4.78, 5) is 0. The molecule has 0 bridgehead atoms. The second-order valence-electron chi connectivity index (χ2n) is 3.61. The first-order valence-electron chi connectivity index (χ1n) is 4.90. The summed E-state index contributed by atoms with van der Waals surface area (Å²) >= 11 is 0. The van der Waals surface area contributed by atoms with Gasteiger partial charge in [0, 0.05) is 12.2 Å². The third-order valence-electron chi connectivity index (χ3n) is 2.78. The van der Waals surface area contributed by atoms with E-state index in [0.717, 1.165) is 25.9 Å². The van der Waals surface area contributed by atoms with E-state index in [-0.39, 0.29) is 0 Å². The molecule has 1 aromatic rings. The highest BCUT2D eigenvalue weighted by molar-refractivity contribution is 5.50. The Morgan fingerprint density at radius 3 is 2.79 bits per heavy atom. The minimum Gasteiger partial charge on any atom is -0.384 e. The molecule has 0 spiro atoms. The van der Waals surface area contributed by atoms with Crippen LogP contribution in [0, 0.1) is 11.3 Å². The van der Waals surface area contributed by atoms with Crippen LogP contribution in [0.1, 0.15) is 24.4 Å². The molecule has 0 amide bonds. The fourth-order valence-electron chi connectivity index (χ4n) is 1.96. The molecule has 3 N–H and O–H groups in total. The van der Waals surface area contributed by atoms with Crippen molar-refractivity contribution >= 4 is 5.82 Å². The molecule has 1 aliphatic heterocycles. The zero-order chi connectivity index (χ0) is 9.97. The molecule has 0 unspecified atom stereocenters. The van der Waals surface area contributed by atoms with Gasteiger partial charge in [0.1, 0.15) is 11.9 Å². The summed E-state index contributed by atoms with van der Waals surface area (Å²) in [5.74, 6) is 0.611. The zero-order valence-electron chi connectivity index (χ0n) is 8.03. The quantitative estimate of drug-likeness (QED) is 0.690. The summed E-state index contributed by atoms with van der Waals surface area (Å²) in [6, 6.07) is 4.34. The average Bonchev–Trinajstić information content (AvgIpc) is 2.61. The minimum atomic E-state index is 0.457. The third kappa shape index (κ3) is 1.47. The van der Waals surface area contributed by atoms with Gasteiger partial charge >= 0.3 is 0 Å². The van der Waals surface area contributed by atoms with Crippen LogP contribution >= 0.6 is 0 Å². The number of nitriles is 1. The van der Waals surface area contributed by atoms with Gasteiger partial charge in [-0.1, -0.05) is 0 Å². The SMILES string of the molecule is N#Cc1ccn(C2CCNCC2)c1N. The average molecular weight is 190 g/mol. The summed E-state index contributed by atoms with van der Waals surface area (Å²) < 4.78 is 2.03. The number of aromatic nitrogens is 1. The fourth-order valence-corrected chi connectivity index (χ4v) is 1.96. The second kappa shape index (κ2) is 3.72. The van der Waals surface area contributed by atoms with Crippen LogP contribution < -0.4 is 11.1 Å². The molecule has 4 nitrogen and oxygen atoms in total. The Labute approximate surface area is 83.3 Å². The Morgan fingerprint density at radius 2 is 2.21 bits per heavy atom. The Hall–Kier alpha value is -1.47. The molecule has 1 saturated heterocycles. The van der Waals surface area contributed by atoms with Crippen LogP contribution in [0.5, 0.6) is 0 Å². The summed E-state index contributed by atoms with van der Waals surface area (Å²) in [6.07, 6.45) is 4.09. The predicted molar refractivity (Wildman–Crippen MR) is 54.7 cm³/mol. The maximum absolute atomic E-state index is 8.77. The number of nitrogens with one attached hydrogen (secondary N) is 1. The van der Waals surface area contributed by atoms with Crippen molar-refractivity contribution in [2.75, 3.05) is 18.8 Å². The largest absolute Gasteiger partial charge is 0.384 e. The highest BCUT2D eigenvalue weighted by Crippen LogP contribution is 2.24. The highest BCUT2D eigenvalue weighted by atomic mass is 15.1. The van der Waals surface area contributed by atoms with Gasteiger partial charge in [-0.05, 0) is 32.0 Å². The van der Waals surface area contributed by atoms with Crippen molar-refractivity contribution in [3.63, 3.8) is 0 Å². The lowest BCUT2D eigenvalue weighted by molar-refractivity contribution is 0.372. The van der Waals surface area contributed by atoms with Crippen molar-refractivity contribution in [3.8, 4) is 6.07 Å². The van der Waals surface area contributed by atoms with Gasteiger partial charge in [-0.25, -0.2) is 0 Å². The third-order valence-corrected chi connectivity index (χ3v) is 2.78. The second-order valence-corrected chi connectivity index (χ2v) is 3.61. The predicted octanol–water partition coefficient (Wildman–Crippen LogP) is 0.866. The van der Waals surface area contributed by atoms with Crippen LogP contribution in [0.4, 0.5) is 5.82 Å². The van der Waals surface area contributed by atoms with E-state index in [9.17, 15) is 0 Å². The number of nitrogens with zero attached hydrogens (tertiary/aromatic N) is 2. The monoisotopic (exact) mass is 190 g/mol. The van der Waals surface area contributed by atoms with Crippen molar-refractivity contribution in [2.45, 2.75) is 18.9 Å². The molecule has 0 saturated carbocycles. The lowest BCUT2D eigenvalue weighted by atomic mass is 10.1. The van der Waals surface area contributed by atoms with Crippen molar-refractivity contribution in [2.24, 2.45) is 0 Å². The van der Waals surface area contributed by atoms with Crippen LogP contribution in [0.3, 0.4) is 0 Å². The molecule has 2 heterocycles. The molecular formula is C10H14N4. The normalized spacial score (nSPS) is 17.9. The van der Waals surface area contributed by atoms with Crippen LogP contribution in [-0.2, 0) is 0 Å². The maximum Gasteiger partial charge on any atom is 0.121 e. The smallest absolute Gasteiger partial charge is 0.121 e. The molecule has 0 aromatic carbocycles. The van der Waals surface area contributed by atoms with E-state index in [4.69, 9.17) is 11.0 Å². The summed E-state index contributed by atoms with van der Waals surface area (Å²) in [6.45, 7) is 2.06. The molecule has 1 aliphatic rings. The Bertz CT molecular complexity index is 355. The molecule has 0 atom stereocenters. The van der Waals surface area contributed by atoms with Gasteiger partial charge in [0.25, 0.3) is 0 Å². The van der Waals surface area contributed by atoms with E-state index >= 15 is 0 Å². The first-order valence-corrected chi connectivity index (χ1v) is 4.90. The molecule has 0 radical (unpaired) electrons. The van der Waals surface area contributed by atoms with Gasteiger partial charge in [0.05, 0.1) is 5.56 Å². The minimum absolute atomic E-state index is 0.457. The van der Waals surface area contributed by atoms with Crippen molar-refractivity contribution in [3.05, 3.63) is 17.8 Å². The van der Waals surface area contributed by atoms with Gasteiger partial charge in [0.2, 0.25) is 0 Å². The number of anilines is 1. The van der Waals surface area contributed by atoms with Crippen LogP contribution in [0.2, 0.25) is 0 Å². The van der Waals surface area contributed by atoms with E-state index in [1.54, 1.807) is 6.07 Å². The van der Waals surface area contributed by atoms with E-state index in [2.05, 4.69) is 11.4 Å². The molecule has 2 rings (SSSR count). The molecule has 1 fully saturated rings. The maximum atomic E-state index is 8.77. The molecule has 1 aromatic heterocycles. The van der Waals surface area contributed by atoms with Gasteiger partial charge in [0.15, 0.2) is 0 Å². The van der Waals surface area contributed by atoms with Crippen LogP contribution in [0.15, 0.2) is 12.3 Å². The number of hydrogen-bond donors (Lipinski definition) is 2. The number of nitrogen functional groups attached to an aromatic ring is 1. The number of piperidine rings is 1. The van der Waals surface area contributed by atoms with Crippen LogP contribution in [0.25, 0.3) is 0 Å². The Balaban J connectivity index is 2.23. The lowest BCUT2D eigenvalue weighted by Gasteiger charge is -2.25. The van der Waals surface area contributed by atoms with E-state index in [0.29, 0.717) is 17.4 Å². The van der Waals surface area contributed by atoms with Crippen LogP contribution in [-0.4, -0.2) is 17.7 Å². The van der Waals surface area contributed by atoms with Crippen molar-refractivity contribution in [1.82, 2.24) is 9.88 Å². The van der Waals surface area contributed by atoms with Crippen molar-refractivity contribution < 1.29 is 0 Å². The van der Waals surface area contributed by atoms with Gasteiger partial charge in [-0.15, -0.1) is 0 Å². The van der Waals surface area contributed by atoms with E-state index in [1.165, 1.54) is 0 Å². The summed E-state index contributed by atoms with van der Waals surface area (Å²) in [7, 11) is 0. The standard InChI is InChI=1S/C10H14N4/c11-7-8-3-6-14(10(8)12)9-1-4-13-5-2-9/h3,6,9,13H,1-2,4-5,12H2. The number of nitrogens with two attached hydrogens (primary N) is 1. The molecule has 4 heteroatoms. The van der Waals surface area contributed by atoms with E-state index < -0.39 is 0 Å². The van der Waals surface area contributed by atoms with Crippen molar-refractivity contribution in [1.29, 1.82) is 5.26 Å². The topological polar surface area (TPSA) is 66.8 Å². The zero-order valence-corrected chi connectivity index (χ0v) is 8.03. The first-order chi connectivity index (χ1) is 6.83. The Morgan fingerprint density at radius 1 is 1.50 bits per heavy atom. The summed E-state index contributed by atoms with van der Waals surface area (Å²) in [5, 5.41) is 12.1. The van der Waals surface area contributed by atoms with Gasteiger partial charge < -0.3 is 15.6 Å². The molecule has 0 aliphatic carbocycles. The fraction of sp³-hybridized carbons (Fsp3) is 0.500. The Kier molecular flexibility index (Phi) is 2.42. The number of rotatable bonds is 1. The summed E-state index contributed by atoms with van der Waals surface area (Å²) in [5.41, 5.74) is 6.45. The lowest BCUT2D eigenvalue weighted by Crippen LogP contribution is -2.29. The number of hydrogen-bond acceptors (Lipinski definition) is 3. The van der Waals surface area contributed by atoms with Gasteiger partial charge in [-0.2, -0.15) is 5.26 Å². The molecule has 14 heavy (non-hydrogen) atoms.